The summed E-state index contributed by atoms with van der Waals surface area (Å²) in [6.07, 6.45) is 0. The molecule has 0 aliphatic rings. The van der Waals surface area contributed by atoms with Crippen molar-refractivity contribution in [2.24, 2.45) is 0 Å². The maximum atomic E-state index is 11.8. The second kappa shape index (κ2) is 7.74. The van der Waals surface area contributed by atoms with E-state index >= 15 is 0 Å². The molecule has 0 saturated carbocycles. The van der Waals surface area contributed by atoms with E-state index in [-0.39, 0.29) is 12.2 Å². The lowest BCUT2D eigenvalue weighted by atomic mass is 10.1. The van der Waals surface area contributed by atoms with E-state index in [2.05, 4.69) is 0 Å². The molecule has 5 nitrogen and oxygen atoms in total. The minimum absolute atomic E-state index is 0.105. The molecular weight excluding hydrogens is 279 g/mol. The van der Waals surface area contributed by atoms with Crippen molar-refractivity contribution in [2.45, 2.75) is 0 Å². The standard InChI is InChI=1S/C14H12O5.CH3F/c15-11-7-6-10(13(17)14(11)18)12(16)8-19-9-4-2-1-3-5-9;1-2/h1-7,15,17-18H,8H2;1H3. The minimum atomic E-state index is -0.717. The molecule has 0 unspecified atom stereocenters. The summed E-state index contributed by atoms with van der Waals surface area (Å²) in [6, 6.07) is 11.1. The van der Waals surface area contributed by atoms with Gasteiger partial charge in [0.15, 0.2) is 18.1 Å². The SMILES string of the molecule is CF.O=C(COc1ccccc1)c1ccc(O)c(O)c1O. The maximum absolute atomic E-state index is 11.8. The van der Waals surface area contributed by atoms with Crippen molar-refractivity contribution >= 4 is 5.78 Å². The molecule has 0 fully saturated rings. The van der Waals surface area contributed by atoms with Gasteiger partial charge in [-0.2, -0.15) is 0 Å². The highest BCUT2D eigenvalue weighted by molar-refractivity contribution is 6.00. The predicted octanol–water partition coefficient (Wildman–Crippen LogP) is 2.65. The third kappa shape index (κ3) is 4.10. The first-order chi connectivity index (χ1) is 10.1. The first-order valence-corrected chi connectivity index (χ1v) is 5.92. The lowest BCUT2D eigenvalue weighted by molar-refractivity contribution is 0.0918. The zero-order valence-electron chi connectivity index (χ0n) is 11.3. The lowest BCUT2D eigenvalue weighted by Crippen LogP contribution is -2.11. The third-order valence-electron chi connectivity index (χ3n) is 2.54. The summed E-state index contributed by atoms with van der Waals surface area (Å²) >= 11 is 0. The molecule has 0 heterocycles. The fourth-order valence-electron chi connectivity index (χ4n) is 1.54. The Bertz CT molecular complexity index is 599. The quantitative estimate of drug-likeness (QED) is 0.596. The molecule has 0 amide bonds. The number of ketones is 1. The molecular formula is C15H15FO5. The van der Waals surface area contributed by atoms with Gasteiger partial charge in [0.1, 0.15) is 5.75 Å². The fourth-order valence-corrected chi connectivity index (χ4v) is 1.54. The third-order valence-corrected chi connectivity index (χ3v) is 2.54. The number of ether oxygens (including phenoxy) is 1. The smallest absolute Gasteiger partial charge is 0.204 e. The van der Waals surface area contributed by atoms with Crippen LogP contribution in [0.25, 0.3) is 0 Å². The molecule has 0 atom stereocenters. The van der Waals surface area contributed by atoms with Gasteiger partial charge in [-0.05, 0) is 24.3 Å². The summed E-state index contributed by atoms with van der Waals surface area (Å²) in [5.74, 6) is -1.83. The summed E-state index contributed by atoms with van der Waals surface area (Å²) < 4.78 is 14.7. The Kier molecular flexibility index (Phi) is 6.00. The second-order valence-corrected chi connectivity index (χ2v) is 3.85. The number of alkyl halides is 1. The summed E-state index contributed by atoms with van der Waals surface area (Å²) in [6.45, 7) is -0.276. The van der Waals surface area contributed by atoms with E-state index in [9.17, 15) is 19.4 Å². The second-order valence-electron chi connectivity index (χ2n) is 3.85. The first kappa shape index (κ1) is 16.3. The summed E-state index contributed by atoms with van der Waals surface area (Å²) in [5.41, 5.74) is -0.105. The fraction of sp³-hybridized carbons (Fsp3) is 0.133. The average Bonchev–Trinajstić information content (AvgIpc) is 2.53. The van der Waals surface area contributed by atoms with Gasteiger partial charge in [0.2, 0.25) is 11.5 Å². The van der Waals surface area contributed by atoms with Gasteiger partial charge in [-0.3, -0.25) is 9.18 Å². The molecule has 0 spiro atoms. The van der Waals surface area contributed by atoms with E-state index in [4.69, 9.17) is 9.84 Å². The van der Waals surface area contributed by atoms with Gasteiger partial charge in [-0.25, -0.2) is 0 Å². The van der Waals surface area contributed by atoms with E-state index < -0.39 is 23.0 Å². The van der Waals surface area contributed by atoms with Crippen LogP contribution < -0.4 is 4.74 Å². The number of hydrogen-bond donors (Lipinski definition) is 3. The average molecular weight is 294 g/mol. The maximum Gasteiger partial charge on any atom is 0.204 e. The Morgan fingerprint density at radius 1 is 1.00 bits per heavy atom. The molecule has 3 N–H and O–H groups in total. The molecule has 0 saturated heterocycles. The van der Waals surface area contributed by atoms with Gasteiger partial charge in [0.25, 0.3) is 0 Å². The zero-order chi connectivity index (χ0) is 15.8. The molecule has 0 aromatic heterocycles. The van der Waals surface area contributed by atoms with Crippen molar-refractivity contribution < 1.29 is 29.2 Å². The summed E-state index contributed by atoms with van der Waals surface area (Å²) in [4.78, 5) is 11.8. The number of benzene rings is 2. The number of carbonyl (C=O) groups excluding carboxylic acids is 1. The van der Waals surface area contributed by atoms with Crippen molar-refractivity contribution in [2.75, 3.05) is 13.8 Å². The Balaban J connectivity index is 0.00000106. The molecule has 0 bridgehead atoms. The highest BCUT2D eigenvalue weighted by Gasteiger charge is 2.17. The van der Waals surface area contributed by atoms with E-state index in [1.165, 1.54) is 6.07 Å². The van der Waals surface area contributed by atoms with Crippen LogP contribution in [0, 0.1) is 0 Å². The van der Waals surface area contributed by atoms with Crippen molar-refractivity contribution in [1.82, 2.24) is 0 Å². The lowest BCUT2D eigenvalue weighted by Gasteiger charge is -2.08. The van der Waals surface area contributed by atoms with Gasteiger partial charge < -0.3 is 20.1 Å². The molecule has 0 radical (unpaired) electrons. The Labute approximate surface area is 120 Å². The van der Waals surface area contributed by atoms with Crippen LogP contribution in [0.15, 0.2) is 42.5 Å². The van der Waals surface area contributed by atoms with Crippen LogP contribution in [0.5, 0.6) is 23.0 Å². The van der Waals surface area contributed by atoms with E-state index in [0.29, 0.717) is 12.9 Å². The van der Waals surface area contributed by atoms with E-state index in [1.807, 2.05) is 6.07 Å². The number of halogens is 1. The summed E-state index contributed by atoms with van der Waals surface area (Å²) in [5, 5.41) is 28.0. The molecule has 2 rings (SSSR count). The van der Waals surface area contributed by atoms with E-state index in [0.717, 1.165) is 6.07 Å². The Morgan fingerprint density at radius 2 is 1.62 bits per heavy atom. The van der Waals surface area contributed by atoms with Crippen LogP contribution in [0.2, 0.25) is 0 Å². The normalized spacial score (nSPS) is 9.43. The molecule has 0 aliphatic carbocycles. The van der Waals surface area contributed by atoms with Gasteiger partial charge in [-0.1, -0.05) is 18.2 Å². The van der Waals surface area contributed by atoms with Crippen LogP contribution >= 0.6 is 0 Å². The number of phenolic OH excluding ortho intramolecular Hbond substituents is 3. The number of Topliss-reactive ketones (excluding diaryl/α,β-unsaturated/α-hetero) is 1. The molecule has 2 aromatic rings. The van der Waals surface area contributed by atoms with Crippen LogP contribution in [0.3, 0.4) is 0 Å². The van der Waals surface area contributed by atoms with Crippen LogP contribution in [0.1, 0.15) is 10.4 Å². The zero-order valence-corrected chi connectivity index (χ0v) is 11.3. The van der Waals surface area contributed by atoms with Crippen molar-refractivity contribution in [1.29, 1.82) is 0 Å². The van der Waals surface area contributed by atoms with Gasteiger partial charge in [0, 0.05) is 0 Å². The first-order valence-electron chi connectivity index (χ1n) is 5.92. The van der Waals surface area contributed by atoms with Crippen LogP contribution in [0.4, 0.5) is 4.39 Å². The van der Waals surface area contributed by atoms with Crippen molar-refractivity contribution in [3.05, 3.63) is 48.0 Å². The summed E-state index contributed by atoms with van der Waals surface area (Å²) in [7, 11) is 0.500. The van der Waals surface area contributed by atoms with Gasteiger partial charge in [-0.15, -0.1) is 0 Å². The number of hydrogen-bond acceptors (Lipinski definition) is 5. The Morgan fingerprint density at radius 3 is 2.24 bits per heavy atom. The van der Waals surface area contributed by atoms with E-state index in [1.54, 1.807) is 24.3 Å². The highest BCUT2D eigenvalue weighted by atomic mass is 19.1. The number of rotatable bonds is 4. The van der Waals surface area contributed by atoms with Gasteiger partial charge >= 0.3 is 0 Å². The topological polar surface area (TPSA) is 87.0 Å². The van der Waals surface area contributed by atoms with Gasteiger partial charge in [0.05, 0.1) is 12.7 Å². The molecule has 0 aliphatic heterocycles. The van der Waals surface area contributed by atoms with Crippen molar-refractivity contribution in [3.63, 3.8) is 0 Å². The number of carbonyl (C=O) groups is 1. The predicted molar refractivity (Wildman–Crippen MR) is 74.7 cm³/mol. The van der Waals surface area contributed by atoms with Crippen LogP contribution in [-0.2, 0) is 0 Å². The molecule has 21 heavy (non-hydrogen) atoms. The number of aromatic hydroxyl groups is 3. The molecule has 2 aromatic carbocycles. The van der Waals surface area contributed by atoms with Crippen molar-refractivity contribution in [3.8, 4) is 23.0 Å². The number of para-hydroxylation sites is 1. The number of phenols is 3. The highest BCUT2D eigenvalue weighted by Crippen LogP contribution is 2.37. The Hall–Kier alpha value is -2.76. The minimum Gasteiger partial charge on any atom is -0.504 e. The largest absolute Gasteiger partial charge is 0.504 e. The monoisotopic (exact) mass is 294 g/mol. The van der Waals surface area contributed by atoms with Crippen LogP contribution in [-0.4, -0.2) is 34.9 Å². The molecule has 112 valence electrons. The molecule has 6 heteroatoms.